The Balaban J connectivity index is 1.11. The molecule has 0 aromatic heterocycles. The topological polar surface area (TPSA) is 249 Å². The number of hydrogen-bond acceptors (Lipinski definition) is 9. The zero-order chi connectivity index (χ0) is 37.4. The van der Waals surface area contributed by atoms with Gasteiger partial charge in [0.2, 0.25) is 0 Å². The van der Waals surface area contributed by atoms with Crippen LogP contribution >= 0.6 is 0 Å². The smallest absolute Gasteiger partial charge is 0.323 e. The highest BCUT2D eigenvalue weighted by Gasteiger charge is 2.17. The first kappa shape index (κ1) is 35.3. The summed E-state index contributed by atoms with van der Waals surface area (Å²) in [7, 11) is -9.18. The van der Waals surface area contributed by atoms with Crippen molar-refractivity contribution >= 4 is 82.4 Å². The molecule has 0 heterocycles. The molecule has 0 unspecified atom stereocenters. The molecule has 8 N–H and O–H groups in total. The van der Waals surface area contributed by atoms with Crippen molar-refractivity contribution < 1.29 is 50.5 Å². The number of nitrogens with one attached hydrogen (secondary N) is 4. The minimum Gasteiger partial charge on any atom is -0.507 e. The first-order valence-corrected chi connectivity index (χ1v) is 17.8. The van der Waals surface area contributed by atoms with E-state index in [1.807, 2.05) is 0 Å². The first-order chi connectivity index (χ1) is 24.5. The molecule has 6 rings (SSSR count). The van der Waals surface area contributed by atoms with Crippen molar-refractivity contribution in [3.8, 4) is 11.5 Å². The standard InChI is InChI=1S/C35H26N4O11S2/c40-31-17-27(51(45,46)47)15-21-13-25(7-9-29(21)31)36-33(42)19-3-1-5-23(11-19)38-35(44)39-24-6-2-4-20(12-24)34(43)37-26-8-10-30-22(14-26)16-28(18-32(30)41)52(48,49)50/h1-18,40-41H,(H,36,42)(H,37,43)(H2,38,39,44)(H,45,46,47)(H,48,49,50). The van der Waals surface area contributed by atoms with Crippen LogP contribution in [0.1, 0.15) is 20.7 Å². The van der Waals surface area contributed by atoms with Crippen LogP contribution in [0.25, 0.3) is 21.5 Å². The molecule has 0 saturated heterocycles. The van der Waals surface area contributed by atoms with E-state index < -0.39 is 47.9 Å². The maximum atomic E-state index is 13.0. The van der Waals surface area contributed by atoms with Gasteiger partial charge >= 0.3 is 6.03 Å². The van der Waals surface area contributed by atoms with Gasteiger partial charge in [-0.2, -0.15) is 16.8 Å². The third kappa shape index (κ3) is 7.92. The Morgan fingerprint density at radius 2 is 0.846 bits per heavy atom. The molecule has 15 nitrogen and oxygen atoms in total. The Morgan fingerprint density at radius 1 is 0.462 bits per heavy atom. The van der Waals surface area contributed by atoms with E-state index in [2.05, 4.69) is 21.3 Å². The van der Waals surface area contributed by atoms with E-state index in [4.69, 9.17) is 0 Å². The number of amides is 4. The van der Waals surface area contributed by atoms with Gasteiger partial charge in [-0.15, -0.1) is 0 Å². The number of phenolic OH excluding ortho intramolecular Hbond substituents is 2. The van der Waals surface area contributed by atoms with Gasteiger partial charge in [0.25, 0.3) is 32.1 Å². The molecule has 0 atom stereocenters. The molecule has 6 aromatic carbocycles. The number of phenols is 2. The van der Waals surface area contributed by atoms with Crippen molar-refractivity contribution in [1.82, 2.24) is 0 Å². The lowest BCUT2D eigenvalue weighted by Crippen LogP contribution is -2.20. The summed E-state index contributed by atoms with van der Waals surface area (Å²) in [6.45, 7) is 0. The molecule has 4 amide bonds. The van der Waals surface area contributed by atoms with Crippen LogP contribution in [0.15, 0.2) is 119 Å². The van der Waals surface area contributed by atoms with Crippen LogP contribution in [0.5, 0.6) is 11.5 Å². The van der Waals surface area contributed by atoms with Crippen molar-refractivity contribution in [3.05, 3.63) is 120 Å². The van der Waals surface area contributed by atoms with Gasteiger partial charge < -0.3 is 31.5 Å². The zero-order valence-corrected chi connectivity index (χ0v) is 28.0. The molecule has 0 spiro atoms. The van der Waals surface area contributed by atoms with Crippen molar-refractivity contribution in [1.29, 1.82) is 0 Å². The van der Waals surface area contributed by atoms with Gasteiger partial charge in [-0.1, -0.05) is 12.1 Å². The highest BCUT2D eigenvalue weighted by atomic mass is 32.2. The third-order valence-electron chi connectivity index (χ3n) is 7.69. The van der Waals surface area contributed by atoms with Crippen LogP contribution in [0.3, 0.4) is 0 Å². The van der Waals surface area contributed by atoms with Crippen LogP contribution in [0.2, 0.25) is 0 Å². The van der Waals surface area contributed by atoms with E-state index in [1.54, 1.807) is 0 Å². The summed E-state index contributed by atoms with van der Waals surface area (Å²) in [5.41, 5.74) is 1.33. The molecule has 17 heteroatoms. The quantitative estimate of drug-likeness (QED) is 0.0834. The summed E-state index contributed by atoms with van der Waals surface area (Å²) in [5, 5.41) is 31.9. The third-order valence-corrected chi connectivity index (χ3v) is 9.35. The number of rotatable bonds is 8. The molecule has 0 saturated carbocycles. The van der Waals surface area contributed by atoms with E-state index in [-0.39, 0.29) is 56.1 Å². The average molecular weight is 743 g/mol. The lowest BCUT2D eigenvalue weighted by molar-refractivity contribution is 0.101. The van der Waals surface area contributed by atoms with E-state index in [9.17, 15) is 50.5 Å². The van der Waals surface area contributed by atoms with Crippen molar-refractivity contribution in [2.75, 3.05) is 21.3 Å². The van der Waals surface area contributed by atoms with Crippen molar-refractivity contribution in [3.63, 3.8) is 0 Å². The number of benzene rings is 6. The van der Waals surface area contributed by atoms with E-state index in [0.717, 1.165) is 24.3 Å². The second-order valence-electron chi connectivity index (χ2n) is 11.4. The Hall–Kier alpha value is -6.53. The van der Waals surface area contributed by atoms with Gasteiger partial charge in [-0.25, -0.2) is 4.79 Å². The minimum absolute atomic E-state index is 0.157. The normalized spacial score (nSPS) is 11.6. The van der Waals surface area contributed by atoms with Gasteiger partial charge in [-0.3, -0.25) is 18.7 Å². The number of fused-ring (bicyclic) bond motifs is 2. The fourth-order valence-corrected chi connectivity index (χ4v) is 6.35. The number of urea groups is 1. The summed E-state index contributed by atoms with van der Waals surface area (Å²) in [5.74, 6) is -1.89. The molecule has 264 valence electrons. The summed E-state index contributed by atoms with van der Waals surface area (Å²) < 4.78 is 65.0. The molecule has 0 aliphatic rings. The molecule has 52 heavy (non-hydrogen) atoms. The van der Waals surface area contributed by atoms with Crippen LogP contribution < -0.4 is 21.3 Å². The van der Waals surface area contributed by atoms with Gasteiger partial charge in [0, 0.05) is 56.8 Å². The molecule has 0 aliphatic carbocycles. The zero-order valence-electron chi connectivity index (χ0n) is 26.4. The van der Waals surface area contributed by atoms with Gasteiger partial charge in [-0.05, 0) is 95.7 Å². The van der Waals surface area contributed by atoms with Gasteiger partial charge in [0.05, 0.1) is 9.79 Å². The summed E-state index contributed by atoms with van der Waals surface area (Å²) in [6.07, 6.45) is 0. The fraction of sp³-hybridized carbons (Fsp3) is 0. The molecule has 0 radical (unpaired) electrons. The van der Waals surface area contributed by atoms with Crippen LogP contribution in [-0.4, -0.2) is 54.0 Å². The average Bonchev–Trinajstić information content (AvgIpc) is 3.07. The van der Waals surface area contributed by atoms with Crippen LogP contribution in [0.4, 0.5) is 27.5 Å². The predicted octanol–water partition coefficient (Wildman–Crippen LogP) is 6.05. The lowest BCUT2D eigenvalue weighted by atomic mass is 10.1. The molecule has 6 aromatic rings. The summed E-state index contributed by atoms with van der Waals surface area (Å²) in [6, 6.07) is 24.1. The Bertz CT molecular complexity index is 2500. The SMILES string of the molecule is O=C(Nc1cccc(C(=O)Nc2ccc3c(O)cc(S(=O)(=O)O)cc3c2)c1)Nc1cccc(C(=O)Nc2ccc3c(O)cc(S(=O)(=O)O)cc3c2)c1. The van der Waals surface area contributed by atoms with Crippen LogP contribution in [0, 0.1) is 0 Å². The molecule has 0 fully saturated rings. The lowest BCUT2D eigenvalue weighted by Gasteiger charge is -2.12. The monoisotopic (exact) mass is 742 g/mol. The van der Waals surface area contributed by atoms with Gasteiger partial charge in [0.1, 0.15) is 11.5 Å². The summed E-state index contributed by atoms with van der Waals surface area (Å²) >= 11 is 0. The number of hydrogen-bond donors (Lipinski definition) is 8. The molecule has 0 bridgehead atoms. The molecular weight excluding hydrogens is 717 g/mol. The van der Waals surface area contributed by atoms with E-state index in [1.165, 1.54) is 84.9 Å². The Labute approximate surface area is 295 Å². The fourth-order valence-electron chi connectivity index (χ4n) is 5.28. The van der Waals surface area contributed by atoms with Gasteiger partial charge in [0.15, 0.2) is 0 Å². The number of carbonyl (C=O) groups excluding carboxylic acids is 3. The number of carbonyl (C=O) groups is 3. The van der Waals surface area contributed by atoms with E-state index in [0.29, 0.717) is 10.8 Å². The second kappa shape index (κ2) is 13.6. The predicted molar refractivity (Wildman–Crippen MR) is 192 cm³/mol. The van der Waals surface area contributed by atoms with Crippen molar-refractivity contribution in [2.45, 2.75) is 9.79 Å². The highest BCUT2D eigenvalue weighted by molar-refractivity contribution is 7.86. The number of anilines is 4. The van der Waals surface area contributed by atoms with E-state index >= 15 is 0 Å². The first-order valence-electron chi connectivity index (χ1n) is 14.9. The maximum absolute atomic E-state index is 13.0. The minimum atomic E-state index is -4.59. The highest BCUT2D eigenvalue weighted by Crippen LogP contribution is 2.32. The molecular formula is C35H26N4O11S2. The molecule has 0 aliphatic heterocycles. The Morgan fingerprint density at radius 3 is 1.23 bits per heavy atom. The number of aromatic hydroxyl groups is 2. The van der Waals surface area contributed by atoms with Crippen LogP contribution in [-0.2, 0) is 20.2 Å². The maximum Gasteiger partial charge on any atom is 0.323 e. The van der Waals surface area contributed by atoms with Crippen molar-refractivity contribution in [2.24, 2.45) is 0 Å². The second-order valence-corrected chi connectivity index (χ2v) is 14.2. The largest absolute Gasteiger partial charge is 0.507 e. The Kier molecular flexibility index (Phi) is 9.26. The summed E-state index contributed by atoms with van der Waals surface area (Å²) in [4.78, 5) is 37.9.